The molecule has 0 aromatic heterocycles. The third-order valence-electron chi connectivity index (χ3n) is 11.6. The summed E-state index contributed by atoms with van der Waals surface area (Å²) in [7, 11) is 0. The summed E-state index contributed by atoms with van der Waals surface area (Å²) in [5.41, 5.74) is 13.8. The molecule has 0 amide bonds. The summed E-state index contributed by atoms with van der Waals surface area (Å²) in [6.45, 7) is 9.05. The van der Waals surface area contributed by atoms with Gasteiger partial charge in [0, 0.05) is 29.5 Å². The molecule has 190 valence electrons. The fourth-order valence-corrected chi connectivity index (χ4v) is 9.27. The highest BCUT2D eigenvalue weighted by molar-refractivity contribution is 5.76. The van der Waals surface area contributed by atoms with Crippen molar-refractivity contribution < 1.29 is 19.4 Å². The van der Waals surface area contributed by atoms with Gasteiger partial charge in [-0.2, -0.15) is 0 Å². The van der Waals surface area contributed by atoms with E-state index in [1.807, 2.05) is 0 Å². The van der Waals surface area contributed by atoms with Crippen LogP contribution in [0.15, 0.2) is 11.6 Å². The van der Waals surface area contributed by atoms with Gasteiger partial charge in [0.15, 0.2) is 0 Å². The number of carbonyl (C=O) groups excluding carboxylic acids is 1. The number of fused-ring (bicyclic) bond motifs is 5. The summed E-state index contributed by atoms with van der Waals surface area (Å²) in [5.74, 6) is -0.263. The second kappa shape index (κ2) is 8.31. The van der Waals surface area contributed by atoms with Crippen LogP contribution in [0.25, 0.3) is 0 Å². The Kier molecular flexibility index (Phi) is 5.93. The molecule has 5 rings (SSSR count). The van der Waals surface area contributed by atoms with Crippen LogP contribution in [0.2, 0.25) is 0 Å². The number of nitrogens with two attached hydrogens (primary N) is 2. The molecule has 1 aliphatic heterocycles. The van der Waals surface area contributed by atoms with Crippen LogP contribution in [0.3, 0.4) is 0 Å². The molecule has 2 unspecified atom stereocenters. The Morgan fingerprint density at radius 1 is 1.18 bits per heavy atom. The zero-order valence-corrected chi connectivity index (χ0v) is 21.0. The Morgan fingerprint density at radius 3 is 2.53 bits per heavy atom. The lowest BCUT2D eigenvalue weighted by Crippen LogP contribution is -2.68. The molecule has 4 aliphatic carbocycles. The molecule has 5 N–H and O–H groups in total. The van der Waals surface area contributed by atoms with Crippen molar-refractivity contribution in [3.63, 3.8) is 0 Å². The monoisotopic (exact) mass is 473 g/mol. The second-order valence-corrected chi connectivity index (χ2v) is 12.5. The number of hydrogen-bond donors (Lipinski definition) is 3. The Balaban J connectivity index is 1.56. The summed E-state index contributed by atoms with van der Waals surface area (Å²) < 4.78 is 5.86. The van der Waals surface area contributed by atoms with Gasteiger partial charge in [0.2, 0.25) is 0 Å². The molecule has 1 saturated heterocycles. The number of aliphatic carboxylic acids is 1. The zero-order valence-electron chi connectivity index (χ0n) is 21.0. The number of piperidine rings is 1. The van der Waals surface area contributed by atoms with E-state index in [2.05, 4.69) is 31.7 Å². The molecule has 3 saturated carbocycles. The van der Waals surface area contributed by atoms with Crippen molar-refractivity contribution >= 4 is 12.4 Å². The van der Waals surface area contributed by atoms with Crippen LogP contribution in [-0.4, -0.2) is 59.3 Å². The summed E-state index contributed by atoms with van der Waals surface area (Å²) in [4.78, 5) is 26.8. The van der Waals surface area contributed by atoms with Crippen molar-refractivity contribution in [2.75, 3.05) is 13.1 Å². The number of carboxylic acids is 1. The number of ether oxygens (including phenoxy) is 1. The van der Waals surface area contributed by atoms with Gasteiger partial charge in [-0.3, -0.25) is 14.5 Å². The van der Waals surface area contributed by atoms with Crippen molar-refractivity contribution in [1.82, 2.24) is 4.90 Å². The van der Waals surface area contributed by atoms with E-state index >= 15 is 0 Å². The van der Waals surface area contributed by atoms with Gasteiger partial charge in [-0.05, 0) is 86.8 Å². The first-order valence-electron chi connectivity index (χ1n) is 13.4. The van der Waals surface area contributed by atoms with Crippen LogP contribution in [0.4, 0.5) is 0 Å². The maximum absolute atomic E-state index is 12.8. The third kappa shape index (κ3) is 3.19. The van der Waals surface area contributed by atoms with E-state index in [9.17, 15) is 14.7 Å². The van der Waals surface area contributed by atoms with E-state index in [0.717, 1.165) is 63.6 Å². The molecule has 0 radical (unpaired) electrons. The predicted molar refractivity (Wildman–Crippen MR) is 130 cm³/mol. The Bertz CT molecular complexity index is 870. The molecule has 0 bridgehead atoms. The molecule has 5 aliphatic rings. The molecule has 34 heavy (non-hydrogen) atoms. The molecule has 9 atom stereocenters. The van der Waals surface area contributed by atoms with Crippen molar-refractivity contribution in [1.29, 1.82) is 0 Å². The number of nitrogens with zero attached hydrogens (tertiary/aromatic N) is 1. The first-order valence-corrected chi connectivity index (χ1v) is 13.4. The number of carbonyl (C=O) groups is 2. The molecule has 4 fully saturated rings. The van der Waals surface area contributed by atoms with Crippen molar-refractivity contribution in [2.45, 2.75) is 95.9 Å². The Morgan fingerprint density at radius 2 is 1.88 bits per heavy atom. The summed E-state index contributed by atoms with van der Waals surface area (Å²) >= 11 is 0. The molecule has 1 heterocycles. The fraction of sp³-hybridized carbons (Fsp3) is 0.852. The van der Waals surface area contributed by atoms with E-state index in [-0.39, 0.29) is 41.0 Å². The second-order valence-electron chi connectivity index (χ2n) is 12.5. The minimum atomic E-state index is -0.766. The maximum Gasteiger partial charge on any atom is 0.312 e. The number of allylic oxidation sites excluding steroid dienone is 1. The van der Waals surface area contributed by atoms with Crippen molar-refractivity contribution in [3.05, 3.63) is 11.6 Å². The Labute approximate surface area is 203 Å². The molecular weight excluding hydrogens is 430 g/mol. The highest BCUT2D eigenvalue weighted by Gasteiger charge is 2.67. The number of carboxylic acid groups (broad SMARTS) is 1. The average molecular weight is 474 g/mol. The van der Waals surface area contributed by atoms with Gasteiger partial charge in [0.25, 0.3) is 6.47 Å². The van der Waals surface area contributed by atoms with Crippen LogP contribution in [0.5, 0.6) is 0 Å². The molecule has 0 aromatic rings. The lowest BCUT2D eigenvalue weighted by molar-refractivity contribution is -0.164. The van der Waals surface area contributed by atoms with Crippen molar-refractivity contribution in [3.8, 4) is 0 Å². The standard InChI is InChI=1S/C27H43N3O4/c1-16-6-11-27(29)19-4-5-20-23(24(32)33)21(30-12-8-17(28)9-13-30)14-22(34-15-31)26(20,3)18(19)7-10-25(16,27)2/h5,15-19,21-23H,4,6-14,28-29H2,1-3H3,(H,32,33)/t16-,18-,19+,21-,22?,23?,25+,26+,27-/m0/s1. The van der Waals surface area contributed by atoms with Gasteiger partial charge in [-0.25, -0.2) is 0 Å². The molecule has 0 aromatic carbocycles. The number of rotatable bonds is 4. The third-order valence-corrected chi connectivity index (χ3v) is 11.6. The van der Waals surface area contributed by atoms with Crippen LogP contribution in [-0.2, 0) is 14.3 Å². The quantitative estimate of drug-likeness (QED) is 0.424. The largest absolute Gasteiger partial charge is 0.481 e. The molecule has 7 nitrogen and oxygen atoms in total. The van der Waals surface area contributed by atoms with Crippen LogP contribution >= 0.6 is 0 Å². The van der Waals surface area contributed by atoms with Crippen LogP contribution < -0.4 is 11.5 Å². The highest BCUT2D eigenvalue weighted by Crippen LogP contribution is 2.68. The van der Waals surface area contributed by atoms with Crippen LogP contribution in [0.1, 0.15) is 72.1 Å². The van der Waals surface area contributed by atoms with E-state index in [1.54, 1.807) is 0 Å². The van der Waals surface area contributed by atoms with Gasteiger partial charge < -0.3 is 21.3 Å². The fourth-order valence-electron chi connectivity index (χ4n) is 9.27. The number of likely N-dealkylation sites (tertiary alicyclic amines) is 1. The molecule has 7 heteroatoms. The zero-order chi connectivity index (χ0) is 24.5. The predicted octanol–water partition coefficient (Wildman–Crippen LogP) is 2.92. The lowest BCUT2D eigenvalue weighted by atomic mass is 9.43. The minimum Gasteiger partial charge on any atom is -0.481 e. The maximum atomic E-state index is 12.8. The normalized spacial score (nSPS) is 49.4. The number of hydrogen-bond acceptors (Lipinski definition) is 6. The van der Waals surface area contributed by atoms with E-state index < -0.39 is 17.3 Å². The first kappa shape index (κ1) is 24.3. The van der Waals surface area contributed by atoms with Gasteiger partial charge in [-0.1, -0.05) is 26.8 Å². The summed E-state index contributed by atoms with van der Waals surface area (Å²) in [6, 6.07) is -0.00539. The molecular formula is C27H43N3O4. The minimum absolute atomic E-state index is 0.104. The highest BCUT2D eigenvalue weighted by atomic mass is 16.5. The van der Waals surface area contributed by atoms with Gasteiger partial charge >= 0.3 is 5.97 Å². The smallest absolute Gasteiger partial charge is 0.312 e. The first-order chi connectivity index (χ1) is 16.1. The molecule has 0 spiro atoms. The van der Waals surface area contributed by atoms with Crippen LogP contribution in [0, 0.1) is 34.5 Å². The van der Waals surface area contributed by atoms with E-state index in [1.165, 1.54) is 0 Å². The Hall–Kier alpha value is -1.44. The topological polar surface area (TPSA) is 119 Å². The SMILES string of the molecule is C[C@H]1CC[C@]2(N)[C@@H]3CC=C4C(C(=O)O)[C@@H](N5CCC(N)CC5)CC(OC=O)[C@]4(C)[C@H]3CC[C@]12C. The van der Waals surface area contributed by atoms with E-state index in [4.69, 9.17) is 16.2 Å². The summed E-state index contributed by atoms with van der Waals surface area (Å²) in [5, 5.41) is 10.5. The average Bonchev–Trinajstić information content (AvgIpc) is 3.04. The lowest BCUT2D eigenvalue weighted by Gasteiger charge is -2.64. The van der Waals surface area contributed by atoms with E-state index in [0.29, 0.717) is 18.8 Å². The van der Waals surface area contributed by atoms with Gasteiger partial charge in [-0.15, -0.1) is 0 Å². The van der Waals surface area contributed by atoms with Gasteiger partial charge in [0.1, 0.15) is 6.10 Å². The van der Waals surface area contributed by atoms with Crippen molar-refractivity contribution in [2.24, 2.45) is 46.0 Å². The summed E-state index contributed by atoms with van der Waals surface area (Å²) in [6.07, 6.45) is 9.19. The van der Waals surface area contributed by atoms with Gasteiger partial charge in [0.05, 0.1) is 5.92 Å².